The van der Waals surface area contributed by atoms with E-state index in [4.69, 9.17) is 10.5 Å². The monoisotopic (exact) mass is 277 g/mol. The predicted octanol–water partition coefficient (Wildman–Crippen LogP) is 4.04. The predicted molar refractivity (Wildman–Crippen MR) is 74.8 cm³/mol. The first-order valence-electron chi connectivity index (χ1n) is 6.56. The molecule has 0 fully saturated rings. The van der Waals surface area contributed by atoms with Crippen LogP contribution in [0.2, 0.25) is 0 Å². The Balaban J connectivity index is 2.15. The standard InChI is InChI=1S/C16H17F2NO/c1-2-13(19)8-11-4-3-5-14(9-11)20-16-7-6-12(17)10-15(16)18/h3-7,9-10,13H,2,8,19H2,1H3. The minimum absolute atomic E-state index is 0.00309. The third-order valence-electron chi connectivity index (χ3n) is 3.04. The second-order valence-electron chi connectivity index (χ2n) is 4.70. The van der Waals surface area contributed by atoms with Crippen LogP contribution in [0.4, 0.5) is 8.78 Å². The van der Waals surface area contributed by atoms with Crippen molar-refractivity contribution in [2.24, 2.45) is 5.73 Å². The van der Waals surface area contributed by atoms with Crippen LogP contribution in [0.15, 0.2) is 42.5 Å². The van der Waals surface area contributed by atoms with Crippen molar-refractivity contribution in [2.45, 2.75) is 25.8 Å². The molecule has 0 radical (unpaired) electrons. The van der Waals surface area contributed by atoms with Gasteiger partial charge in [0.2, 0.25) is 0 Å². The maximum absolute atomic E-state index is 13.5. The normalized spacial score (nSPS) is 12.2. The Morgan fingerprint density at radius 2 is 1.95 bits per heavy atom. The van der Waals surface area contributed by atoms with Crippen molar-refractivity contribution in [1.29, 1.82) is 0 Å². The van der Waals surface area contributed by atoms with Crippen molar-refractivity contribution >= 4 is 0 Å². The van der Waals surface area contributed by atoms with E-state index in [1.807, 2.05) is 25.1 Å². The number of hydrogen-bond acceptors (Lipinski definition) is 2. The Morgan fingerprint density at radius 1 is 1.15 bits per heavy atom. The summed E-state index contributed by atoms with van der Waals surface area (Å²) in [7, 11) is 0. The molecule has 0 bridgehead atoms. The first-order chi connectivity index (χ1) is 9.58. The first-order valence-corrected chi connectivity index (χ1v) is 6.56. The number of halogens is 2. The molecule has 0 aliphatic carbocycles. The molecular formula is C16H17F2NO. The fourth-order valence-electron chi connectivity index (χ4n) is 1.87. The first kappa shape index (κ1) is 14.5. The highest BCUT2D eigenvalue weighted by atomic mass is 19.1. The Hall–Kier alpha value is -1.94. The molecule has 4 heteroatoms. The van der Waals surface area contributed by atoms with Crippen LogP contribution in [-0.2, 0) is 6.42 Å². The molecule has 2 rings (SSSR count). The number of hydrogen-bond donors (Lipinski definition) is 1. The van der Waals surface area contributed by atoms with Crippen LogP contribution in [0, 0.1) is 11.6 Å². The number of ether oxygens (including phenoxy) is 1. The molecule has 0 heterocycles. The second kappa shape index (κ2) is 6.48. The summed E-state index contributed by atoms with van der Waals surface area (Å²) in [5.74, 6) is -0.835. The zero-order valence-electron chi connectivity index (χ0n) is 11.3. The van der Waals surface area contributed by atoms with Crippen molar-refractivity contribution in [2.75, 3.05) is 0 Å². The Bertz CT molecular complexity index is 586. The largest absolute Gasteiger partial charge is 0.454 e. The topological polar surface area (TPSA) is 35.2 Å². The molecule has 2 nitrogen and oxygen atoms in total. The summed E-state index contributed by atoms with van der Waals surface area (Å²) in [6.07, 6.45) is 1.62. The van der Waals surface area contributed by atoms with Gasteiger partial charge in [-0.25, -0.2) is 8.78 Å². The summed E-state index contributed by atoms with van der Waals surface area (Å²) in [4.78, 5) is 0. The van der Waals surface area contributed by atoms with Gasteiger partial charge < -0.3 is 10.5 Å². The molecule has 0 aromatic heterocycles. The van der Waals surface area contributed by atoms with Gasteiger partial charge in [-0.2, -0.15) is 0 Å². The van der Waals surface area contributed by atoms with Crippen LogP contribution in [0.25, 0.3) is 0 Å². The number of rotatable bonds is 5. The molecule has 0 aliphatic heterocycles. The number of nitrogens with two attached hydrogens (primary N) is 1. The van der Waals surface area contributed by atoms with Gasteiger partial charge in [-0.3, -0.25) is 0 Å². The minimum atomic E-state index is -0.722. The lowest BCUT2D eigenvalue weighted by atomic mass is 10.0. The highest BCUT2D eigenvalue weighted by Gasteiger charge is 2.07. The van der Waals surface area contributed by atoms with Crippen molar-refractivity contribution in [1.82, 2.24) is 0 Å². The fraction of sp³-hybridized carbons (Fsp3) is 0.250. The van der Waals surface area contributed by atoms with E-state index in [1.54, 1.807) is 6.07 Å². The van der Waals surface area contributed by atoms with Gasteiger partial charge in [-0.05, 0) is 42.7 Å². The molecule has 0 aliphatic rings. The Kier molecular flexibility index (Phi) is 4.69. The van der Waals surface area contributed by atoms with Crippen LogP contribution in [0.3, 0.4) is 0 Å². The molecule has 2 N–H and O–H groups in total. The van der Waals surface area contributed by atoms with Gasteiger partial charge in [0, 0.05) is 12.1 Å². The number of benzene rings is 2. The van der Waals surface area contributed by atoms with E-state index >= 15 is 0 Å². The van der Waals surface area contributed by atoms with E-state index < -0.39 is 11.6 Å². The summed E-state index contributed by atoms with van der Waals surface area (Å²) in [6.45, 7) is 2.03. The van der Waals surface area contributed by atoms with Gasteiger partial charge in [0.15, 0.2) is 11.6 Å². The summed E-state index contributed by atoms with van der Waals surface area (Å²) in [6, 6.07) is 10.6. The molecule has 0 amide bonds. The van der Waals surface area contributed by atoms with Crippen molar-refractivity contribution < 1.29 is 13.5 Å². The summed E-state index contributed by atoms with van der Waals surface area (Å²) in [5, 5.41) is 0. The van der Waals surface area contributed by atoms with Crippen LogP contribution >= 0.6 is 0 Å². The van der Waals surface area contributed by atoms with E-state index in [-0.39, 0.29) is 11.8 Å². The summed E-state index contributed by atoms with van der Waals surface area (Å²) < 4.78 is 31.8. The van der Waals surface area contributed by atoms with Gasteiger partial charge in [-0.15, -0.1) is 0 Å². The molecule has 1 atom stereocenters. The van der Waals surface area contributed by atoms with Crippen molar-refractivity contribution in [3.05, 3.63) is 59.7 Å². The minimum Gasteiger partial charge on any atom is -0.454 e. The van der Waals surface area contributed by atoms with Crippen LogP contribution in [-0.4, -0.2) is 6.04 Å². The van der Waals surface area contributed by atoms with Crippen molar-refractivity contribution in [3.8, 4) is 11.5 Å². The summed E-state index contributed by atoms with van der Waals surface area (Å²) in [5.41, 5.74) is 6.93. The van der Waals surface area contributed by atoms with Gasteiger partial charge in [0.05, 0.1) is 0 Å². The summed E-state index contributed by atoms with van der Waals surface area (Å²) >= 11 is 0. The average molecular weight is 277 g/mol. The van der Waals surface area contributed by atoms with E-state index in [0.717, 1.165) is 30.5 Å². The van der Waals surface area contributed by atoms with Crippen LogP contribution in [0.1, 0.15) is 18.9 Å². The zero-order chi connectivity index (χ0) is 14.5. The van der Waals surface area contributed by atoms with E-state index in [9.17, 15) is 8.78 Å². The third kappa shape index (κ3) is 3.78. The lowest BCUT2D eigenvalue weighted by molar-refractivity contribution is 0.437. The fourth-order valence-corrected chi connectivity index (χ4v) is 1.87. The van der Waals surface area contributed by atoms with Crippen molar-refractivity contribution in [3.63, 3.8) is 0 Å². The maximum atomic E-state index is 13.5. The smallest absolute Gasteiger partial charge is 0.168 e. The van der Waals surface area contributed by atoms with Gasteiger partial charge in [-0.1, -0.05) is 19.1 Å². The Morgan fingerprint density at radius 3 is 2.65 bits per heavy atom. The lowest BCUT2D eigenvalue weighted by Gasteiger charge is -2.11. The Labute approximate surface area is 117 Å². The van der Waals surface area contributed by atoms with Gasteiger partial charge in [0.25, 0.3) is 0 Å². The second-order valence-corrected chi connectivity index (χ2v) is 4.70. The highest BCUT2D eigenvalue weighted by Crippen LogP contribution is 2.25. The SMILES string of the molecule is CCC(N)Cc1cccc(Oc2ccc(F)cc2F)c1. The van der Waals surface area contributed by atoms with E-state index in [2.05, 4.69) is 0 Å². The zero-order valence-corrected chi connectivity index (χ0v) is 11.3. The van der Waals surface area contributed by atoms with Crippen LogP contribution < -0.4 is 10.5 Å². The van der Waals surface area contributed by atoms with Gasteiger partial charge >= 0.3 is 0 Å². The molecule has 2 aromatic carbocycles. The van der Waals surface area contributed by atoms with Crippen LogP contribution in [0.5, 0.6) is 11.5 Å². The lowest BCUT2D eigenvalue weighted by Crippen LogP contribution is -2.21. The molecule has 106 valence electrons. The molecule has 1 unspecified atom stereocenters. The van der Waals surface area contributed by atoms with E-state index in [0.29, 0.717) is 5.75 Å². The molecule has 20 heavy (non-hydrogen) atoms. The third-order valence-corrected chi connectivity index (χ3v) is 3.04. The molecule has 2 aromatic rings. The highest BCUT2D eigenvalue weighted by molar-refractivity contribution is 5.35. The maximum Gasteiger partial charge on any atom is 0.168 e. The molecular weight excluding hydrogens is 260 g/mol. The molecule has 0 saturated heterocycles. The van der Waals surface area contributed by atoms with Gasteiger partial charge in [0.1, 0.15) is 11.6 Å². The average Bonchev–Trinajstić information content (AvgIpc) is 2.42. The van der Waals surface area contributed by atoms with E-state index in [1.165, 1.54) is 6.07 Å². The molecule has 0 saturated carbocycles. The molecule has 0 spiro atoms. The quantitative estimate of drug-likeness (QED) is 0.895.